The molecule has 0 amide bonds. The Bertz CT molecular complexity index is 1140. The van der Waals surface area contributed by atoms with Crippen LogP contribution in [0, 0.1) is 11.3 Å². The molecule has 1 N–H and O–H groups in total. The van der Waals surface area contributed by atoms with E-state index in [0.717, 1.165) is 11.1 Å². The Balaban J connectivity index is 1.64. The molecule has 144 valence electrons. The van der Waals surface area contributed by atoms with Gasteiger partial charge in [-0.25, -0.2) is 0 Å². The van der Waals surface area contributed by atoms with E-state index < -0.39 is 0 Å². The number of benzene rings is 1. The molecule has 1 aromatic carbocycles. The van der Waals surface area contributed by atoms with Crippen molar-refractivity contribution in [2.75, 3.05) is 0 Å². The lowest BCUT2D eigenvalue weighted by molar-refractivity contribution is 0.481. The second kappa shape index (κ2) is 9.20. The summed E-state index contributed by atoms with van der Waals surface area (Å²) in [7, 11) is 0. The minimum Gasteiger partial charge on any atom is -0.453 e. The molecule has 6 nitrogen and oxygen atoms in total. The van der Waals surface area contributed by atoms with Gasteiger partial charge in [0.15, 0.2) is 11.2 Å². The van der Waals surface area contributed by atoms with Crippen LogP contribution in [-0.2, 0) is 6.54 Å². The number of allylic oxidation sites excluding steroid dienone is 5. The molecule has 0 bridgehead atoms. The first kappa shape index (κ1) is 19.6. The summed E-state index contributed by atoms with van der Waals surface area (Å²) in [4.78, 5) is 11.2. The lowest BCUT2D eigenvalue weighted by atomic mass is 10.1. The number of rotatable bonds is 7. The summed E-state index contributed by atoms with van der Waals surface area (Å²) in [5.41, 5.74) is 3.09. The van der Waals surface area contributed by atoms with Gasteiger partial charge in [-0.1, -0.05) is 30.4 Å². The summed E-state index contributed by atoms with van der Waals surface area (Å²) in [6, 6.07) is 12.0. The predicted molar refractivity (Wildman–Crippen MR) is 112 cm³/mol. The zero-order valence-corrected chi connectivity index (χ0v) is 16.0. The molecular formula is C23H20N4O2. The molecule has 0 aliphatic carbocycles. The Morgan fingerprint density at radius 1 is 1.28 bits per heavy atom. The Labute approximate surface area is 168 Å². The molecule has 0 fully saturated rings. The van der Waals surface area contributed by atoms with Crippen LogP contribution >= 0.6 is 0 Å². The van der Waals surface area contributed by atoms with Gasteiger partial charge in [-0.05, 0) is 36.8 Å². The molecule has 0 spiro atoms. The summed E-state index contributed by atoms with van der Waals surface area (Å²) in [6.07, 6.45) is 10.9. The van der Waals surface area contributed by atoms with Gasteiger partial charge in [0.25, 0.3) is 0 Å². The highest BCUT2D eigenvalue weighted by Crippen LogP contribution is 2.28. The van der Waals surface area contributed by atoms with E-state index in [1.54, 1.807) is 55.0 Å². The Hall–Kier alpha value is -4.11. The van der Waals surface area contributed by atoms with E-state index in [-0.39, 0.29) is 5.43 Å². The van der Waals surface area contributed by atoms with Gasteiger partial charge in [0.05, 0.1) is 17.8 Å². The molecule has 3 aromatic rings. The smallest absolute Gasteiger partial charge is 0.181 e. The van der Waals surface area contributed by atoms with Crippen molar-refractivity contribution in [1.29, 1.82) is 5.26 Å². The Kier molecular flexibility index (Phi) is 6.23. The molecule has 3 rings (SSSR count). The van der Waals surface area contributed by atoms with E-state index in [9.17, 15) is 4.79 Å². The molecule has 0 unspecified atom stereocenters. The highest BCUT2D eigenvalue weighted by atomic mass is 16.5. The Morgan fingerprint density at radius 3 is 2.69 bits per heavy atom. The van der Waals surface area contributed by atoms with Gasteiger partial charge in [0.1, 0.15) is 11.4 Å². The van der Waals surface area contributed by atoms with Crippen LogP contribution < -0.4 is 10.2 Å². The second-order valence-corrected chi connectivity index (χ2v) is 6.45. The molecule has 2 heterocycles. The molecule has 2 aromatic heterocycles. The first-order valence-corrected chi connectivity index (χ1v) is 8.96. The normalized spacial score (nSPS) is 11.4. The average molecular weight is 384 g/mol. The lowest BCUT2D eigenvalue weighted by Crippen LogP contribution is -2.04. The summed E-state index contributed by atoms with van der Waals surface area (Å²) >= 11 is 0. The van der Waals surface area contributed by atoms with Crippen molar-refractivity contribution in [2.45, 2.75) is 13.5 Å². The quantitative estimate of drug-likeness (QED) is 0.610. The summed E-state index contributed by atoms with van der Waals surface area (Å²) < 4.78 is 7.78. The first-order valence-electron chi connectivity index (χ1n) is 8.96. The third-order valence-electron chi connectivity index (χ3n) is 4.11. The number of hydrogen-bond acceptors (Lipinski definition) is 4. The van der Waals surface area contributed by atoms with Crippen LogP contribution in [0.2, 0.25) is 0 Å². The van der Waals surface area contributed by atoms with Crippen molar-refractivity contribution in [3.63, 3.8) is 0 Å². The molecule has 6 heteroatoms. The third kappa shape index (κ3) is 5.44. The van der Waals surface area contributed by atoms with Crippen molar-refractivity contribution in [3.8, 4) is 17.6 Å². The Morgan fingerprint density at radius 2 is 2.00 bits per heavy atom. The summed E-state index contributed by atoms with van der Waals surface area (Å²) in [6.45, 7) is 6.77. The van der Waals surface area contributed by atoms with Gasteiger partial charge in [-0.15, -0.1) is 0 Å². The number of pyridine rings is 1. The molecule has 0 atom stereocenters. The maximum Gasteiger partial charge on any atom is 0.181 e. The number of ether oxygens (including phenoxy) is 1. The monoisotopic (exact) mass is 384 g/mol. The molecule has 0 aliphatic rings. The number of nitrogens with zero attached hydrogens (tertiary/aromatic N) is 3. The van der Waals surface area contributed by atoms with Crippen LogP contribution in [-0.4, -0.2) is 14.8 Å². The van der Waals surface area contributed by atoms with Crippen LogP contribution in [0.25, 0.3) is 5.57 Å². The van der Waals surface area contributed by atoms with E-state index in [1.807, 2.05) is 29.7 Å². The highest BCUT2D eigenvalue weighted by Gasteiger charge is 2.09. The maximum atomic E-state index is 11.2. The van der Waals surface area contributed by atoms with E-state index in [0.29, 0.717) is 29.3 Å². The van der Waals surface area contributed by atoms with E-state index >= 15 is 0 Å². The topological polar surface area (TPSA) is 83.7 Å². The number of nitriles is 1. The summed E-state index contributed by atoms with van der Waals surface area (Å²) in [5, 5.41) is 15.8. The van der Waals surface area contributed by atoms with Crippen molar-refractivity contribution >= 4 is 5.57 Å². The predicted octanol–water partition coefficient (Wildman–Crippen LogP) is 4.45. The number of aromatic amines is 1. The van der Waals surface area contributed by atoms with Crippen LogP contribution in [0.3, 0.4) is 0 Å². The highest BCUT2D eigenvalue weighted by molar-refractivity contribution is 5.73. The van der Waals surface area contributed by atoms with Crippen LogP contribution in [0.1, 0.15) is 18.2 Å². The number of H-pyrrole nitrogens is 1. The molecular weight excluding hydrogens is 364 g/mol. The van der Waals surface area contributed by atoms with Gasteiger partial charge in [0.2, 0.25) is 0 Å². The van der Waals surface area contributed by atoms with Crippen molar-refractivity contribution in [2.24, 2.45) is 0 Å². The van der Waals surface area contributed by atoms with E-state index in [4.69, 9.17) is 10.00 Å². The summed E-state index contributed by atoms with van der Waals surface area (Å²) in [5.74, 6) is 1.17. The maximum absolute atomic E-state index is 11.2. The average Bonchev–Trinajstić information content (AvgIpc) is 3.18. The standard InChI is InChI=1S/C23H20N4O2/c1-17(16-27-12-10-20(28)11-13-27)4-3-5-18(2)23-22(15-25-26-23)29-21-8-6-19(14-24)7-9-21/h3-13,15H,2,16H2,1H3,(H,25,26)/b5-3-,17-4+. The minimum atomic E-state index is -0.00216. The van der Waals surface area contributed by atoms with Crippen molar-refractivity contribution in [1.82, 2.24) is 14.8 Å². The minimum absolute atomic E-state index is 0.00216. The van der Waals surface area contributed by atoms with Gasteiger partial charge < -0.3 is 9.30 Å². The SMILES string of the molecule is C=C(/C=C\C=C(/C)Cn1ccc(=O)cc1)c1[nH]ncc1Oc1ccc(C#N)cc1. The second-order valence-electron chi connectivity index (χ2n) is 6.45. The van der Waals surface area contributed by atoms with Crippen LogP contribution in [0.15, 0.2) is 90.2 Å². The van der Waals surface area contributed by atoms with Crippen LogP contribution in [0.5, 0.6) is 11.5 Å². The third-order valence-corrected chi connectivity index (χ3v) is 4.11. The fraction of sp³-hybridized carbons (Fsp3) is 0.0870. The van der Waals surface area contributed by atoms with Crippen LogP contribution in [0.4, 0.5) is 0 Å². The number of hydrogen-bond donors (Lipinski definition) is 1. The number of nitrogens with one attached hydrogen (secondary N) is 1. The van der Waals surface area contributed by atoms with Gasteiger partial charge in [0, 0.05) is 31.1 Å². The zero-order chi connectivity index (χ0) is 20.6. The first-order chi connectivity index (χ1) is 14.0. The van der Waals surface area contributed by atoms with Gasteiger partial charge >= 0.3 is 0 Å². The van der Waals surface area contributed by atoms with E-state index in [1.165, 1.54) is 0 Å². The van der Waals surface area contributed by atoms with Crippen molar-refractivity contribution < 1.29 is 4.74 Å². The van der Waals surface area contributed by atoms with Crippen molar-refractivity contribution in [3.05, 3.63) is 107 Å². The van der Waals surface area contributed by atoms with E-state index in [2.05, 4.69) is 22.8 Å². The molecule has 0 saturated carbocycles. The fourth-order valence-electron chi connectivity index (χ4n) is 2.61. The molecule has 29 heavy (non-hydrogen) atoms. The fourth-order valence-corrected chi connectivity index (χ4v) is 2.61. The number of aromatic nitrogens is 3. The largest absolute Gasteiger partial charge is 0.453 e. The molecule has 0 saturated heterocycles. The lowest BCUT2D eigenvalue weighted by Gasteiger charge is -2.06. The zero-order valence-electron chi connectivity index (χ0n) is 16.0. The van der Waals surface area contributed by atoms with Gasteiger partial charge in [-0.3, -0.25) is 9.89 Å². The molecule has 0 aliphatic heterocycles. The molecule has 0 radical (unpaired) electrons. The van der Waals surface area contributed by atoms with Gasteiger partial charge in [-0.2, -0.15) is 10.4 Å².